The third-order valence-electron chi connectivity index (χ3n) is 4.25. The molecule has 1 aliphatic heterocycles. The highest BCUT2D eigenvalue weighted by Crippen LogP contribution is 2.15. The zero-order valence-corrected chi connectivity index (χ0v) is 13.8. The van der Waals surface area contributed by atoms with Crippen molar-refractivity contribution in [3.63, 3.8) is 0 Å². The Balaban J connectivity index is 1.67. The van der Waals surface area contributed by atoms with Crippen molar-refractivity contribution in [2.24, 2.45) is 0 Å². The van der Waals surface area contributed by atoms with Gasteiger partial charge in [0.1, 0.15) is 0 Å². The minimum absolute atomic E-state index is 0.120. The standard InChI is InChI=1S/C18H21N3O3/c1-13(17(22)21-10-4-2-3-5-11-21)24-18(23)14-6-7-15-16(12-14)20-9-8-19-15/h6-9,12-13H,2-5,10-11H2,1H3/t13-/m0/s1. The molecule has 2 aromatic rings. The number of hydrogen-bond acceptors (Lipinski definition) is 5. The van der Waals surface area contributed by atoms with Gasteiger partial charge in [0.15, 0.2) is 6.10 Å². The van der Waals surface area contributed by atoms with Gasteiger partial charge in [-0.2, -0.15) is 0 Å². The quantitative estimate of drug-likeness (QED) is 0.810. The maximum Gasteiger partial charge on any atom is 0.338 e. The van der Waals surface area contributed by atoms with Crippen molar-refractivity contribution >= 4 is 22.9 Å². The summed E-state index contributed by atoms with van der Waals surface area (Å²) in [5.74, 6) is -0.635. The number of likely N-dealkylation sites (tertiary alicyclic amines) is 1. The van der Waals surface area contributed by atoms with E-state index in [1.54, 1.807) is 42.4 Å². The summed E-state index contributed by atoms with van der Waals surface area (Å²) in [6.07, 6.45) is 6.70. The molecule has 0 N–H and O–H groups in total. The van der Waals surface area contributed by atoms with Gasteiger partial charge < -0.3 is 9.64 Å². The fourth-order valence-electron chi connectivity index (χ4n) is 2.92. The highest BCUT2D eigenvalue weighted by Gasteiger charge is 2.25. The number of fused-ring (bicyclic) bond motifs is 1. The molecule has 1 amide bonds. The molecule has 1 aromatic carbocycles. The van der Waals surface area contributed by atoms with E-state index >= 15 is 0 Å². The van der Waals surface area contributed by atoms with E-state index < -0.39 is 12.1 Å². The highest BCUT2D eigenvalue weighted by atomic mass is 16.5. The number of esters is 1. The predicted octanol–water partition coefficient (Wildman–Crippen LogP) is 2.58. The molecule has 0 aliphatic carbocycles. The molecule has 24 heavy (non-hydrogen) atoms. The lowest BCUT2D eigenvalue weighted by Gasteiger charge is -2.24. The lowest BCUT2D eigenvalue weighted by molar-refractivity contribution is -0.139. The van der Waals surface area contributed by atoms with Crippen LogP contribution in [0.4, 0.5) is 0 Å². The molecule has 0 spiro atoms. The Morgan fingerprint density at radius 2 is 1.71 bits per heavy atom. The molecule has 0 radical (unpaired) electrons. The third kappa shape index (κ3) is 3.69. The van der Waals surface area contributed by atoms with Crippen LogP contribution < -0.4 is 0 Å². The number of aromatic nitrogens is 2. The summed E-state index contributed by atoms with van der Waals surface area (Å²) in [6, 6.07) is 5.00. The van der Waals surface area contributed by atoms with E-state index in [0.717, 1.165) is 38.8 Å². The van der Waals surface area contributed by atoms with E-state index in [9.17, 15) is 9.59 Å². The molecule has 3 rings (SSSR count). The van der Waals surface area contributed by atoms with Crippen LogP contribution in [-0.4, -0.2) is 45.9 Å². The highest BCUT2D eigenvalue weighted by molar-refractivity contribution is 5.95. The van der Waals surface area contributed by atoms with Crippen LogP contribution in [0.1, 0.15) is 43.0 Å². The van der Waals surface area contributed by atoms with Gasteiger partial charge in [0.25, 0.3) is 5.91 Å². The van der Waals surface area contributed by atoms with Crippen molar-refractivity contribution < 1.29 is 14.3 Å². The second-order valence-electron chi connectivity index (χ2n) is 6.05. The zero-order chi connectivity index (χ0) is 16.9. The summed E-state index contributed by atoms with van der Waals surface area (Å²) >= 11 is 0. The minimum Gasteiger partial charge on any atom is -0.449 e. The number of rotatable bonds is 3. The molecule has 0 unspecified atom stereocenters. The molecular weight excluding hydrogens is 306 g/mol. The van der Waals surface area contributed by atoms with Crippen LogP contribution in [0.3, 0.4) is 0 Å². The monoisotopic (exact) mass is 327 g/mol. The van der Waals surface area contributed by atoms with Crippen molar-refractivity contribution in [3.05, 3.63) is 36.2 Å². The van der Waals surface area contributed by atoms with Crippen molar-refractivity contribution in [2.45, 2.75) is 38.7 Å². The number of benzene rings is 1. The fourth-order valence-corrected chi connectivity index (χ4v) is 2.92. The van der Waals surface area contributed by atoms with Gasteiger partial charge in [-0.15, -0.1) is 0 Å². The number of carbonyl (C=O) groups excluding carboxylic acids is 2. The first-order chi connectivity index (χ1) is 11.6. The van der Waals surface area contributed by atoms with E-state index in [1.165, 1.54) is 0 Å². The van der Waals surface area contributed by atoms with Crippen LogP contribution in [0, 0.1) is 0 Å². The molecule has 0 saturated carbocycles. The van der Waals surface area contributed by atoms with Gasteiger partial charge in [0, 0.05) is 25.5 Å². The first kappa shape index (κ1) is 16.4. The lowest BCUT2D eigenvalue weighted by Crippen LogP contribution is -2.40. The number of hydrogen-bond donors (Lipinski definition) is 0. The van der Waals surface area contributed by atoms with Crippen LogP contribution in [0.15, 0.2) is 30.6 Å². The number of nitrogens with zero attached hydrogens (tertiary/aromatic N) is 3. The van der Waals surface area contributed by atoms with Crippen molar-refractivity contribution in [1.29, 1.82) is 0 Å². The Morgan fingerprint density at radius 3 is 2.42 bits per heavy atom. The maximum atomic E-state index is 12.5. The molecule has 1 atom stereocenters. The van der Waals surface area contributed by atoms with Crippen molar-refractivity contribution in [2.75, 3.05) is 13.1 Å². The van der Waals surface area contributed by atoms with E-state index in [4.69, 9.17) is 4.74 Å². The Bertz CT molecular complexity index is 739. The molecule has 0 bridgehead atoms. The smallest absolute Gasteiger partial charge is 0.338 e. The van der Waals surface area contributed by atoms with Crippen molar-refractivity contribution in [3.8, 4) is 0 Å². The largest absolute Gasteiger partial charge is 0.449 e. The predicted molar refractivity (Wildman–Crippen MR) is 89.5 cm³/mol. The second-order valence-corrected chi connectivity index (χ2v) is 6.05. The Hall–Kier alpha value is -2.50. The van der Waals surface area contributed by atoms with Crippen LogP contribution in [0.2, 0.25) is 0 Å². The average molecular weight is 327 g/mol. The molecule has 6 nitrogen and oxygen atoms in total. The van der Waals surface area contributed by atoms with Gasteiger partial charge >= 0.3 is 5.97 Å². The normalized spacial score (nSPS) is 16.5. The molecule has 126 valence electrons. The summed E-state index contributed by atoms with van der Waals surface area (Å²) in [4.78, 5) is 34.9. The molecule has 1 aromatic heterocycles. The zero-order valence-electron chi connectivity index (χ0n) is 13.8. The maximum absolute atomic E-state index is 12.5. The molecule has 2 heterocycles. The van der Waals surface area contributed by atoms with Gasteiger partial charge in [0.2, 0.25) is 0 Å². The van der Waals surface area contributed by atoms with Crippen LogP contribution in [0.25, 0.3) is 11.0 Å². The summed E-state index contributed by atoms with van der Waals surface area (Å²) in [5.41, 5.74) is 1.71. The lowest BCUT2D eigenvalue weighted by atomic mass is 10.2. The summed E-state index contributed by atoms with van der Waals surface area (Å²) in [6.45, 7) is 3.12. The topological polar surface area (TPSA) is 72.4 Å². The molecular formula is C18H21N3O3. The van der Waals surface area contributed by atoms with Crippen LogP contribution >= 0.6 is 0 Å². The number of carbonyl (C=O) groups is 2. The molecule has 6 heteroatoms. The SMILES string of the molecule is C[C@H](OC(=O)c1ccc2nccnc2c1)C(=O)N1CCCCCC1. The Labute approximate surface area is 140 Å². The first-order valence-electron chi connectivity index (χ1n) is 8.36. The van der Waals surface area contributed by atoms with E-state index in [-0.39, 0.29) is 5.91 Å². The van der Waals surface area contributed by atoms with Gasteiger partial charge in [-0.3, -0.25) is 14.8 Å². The van der Waals surface area contributed by atoms with Crippen LogP contribution in [-0.2, 0) is 9.53 Å². The number of amides is 1. The first-order valence-corrected chi connectivity index (χ1v) is 8.36. The fraction of sp³-hybridized carbons (Fsp3) is 0.444. The van der Waals surface area contributed by atoms with E-state index in [2.05, 4.69) is 9.97 Å². The molecule has 1 fully saturated rings. The van der Waals surface area contributed by atoms with Gasteiger partial charge in [-0.05, 0) is 38.0 Å². The Kier molecular flexibility index (Phi) is 5.03. The Morgan fingerprint density at radius 1 is 1.04 bits per heavy atom. The summed E-state index contributed by atoms with van der Waals surface area (Å²) < 4.78 is 5.36. The van der Waals surface area contributed by atoms with E-state index in [1.807, 2.05) is 0 Å². The minimum atomic E-state index is -0.784. The van der Waals surface area contributed by atoms with Gasteiger partial charge in [-0.1, -0.05) is 12.8 Å². The second kappa shape index (κ2) is 7.38. The van der Waals surface area contributed by atoms with Gasteiger partial charge in [0.05, 0.1) is 16.6 Å². The van der Waals surface area contributed by atoms with E-state index in [0.29, 0.717) is 16.6 Å². The molecule has 1 aliphatic rings. The third-order valence-corrected chi connectivity index (χ3v) is 4.25. The van der Waals surface area contributed by atoms with Crippen LogP contribution in [0.5, 0.6) is 0 Å². The number of ether oxygens (including phenoxy) is 1. The molecule has 1 saturated heterocycles. The summed E-state index contributed by atoms with van der Waals surface area (Å²) in [5, 5.41) is 0. The summed E-state index contributed by atoms with van der Waals surface area (Å²) in [7, 11) is 0. The van der Waals surface area contributed by atoms with Crippen molar-refractivity contribution in [1.82, 2.24) is 14.9 Å². The van der Waals surface area contributed by atoms with Gasteiger partial charge in [-0.25, -0.2) is 4.79 Å². The average Bonchev–Trinajstić information content (AvgIpc) is 2.89.